The van der Waals surface area contributed by atoms with E-state index in [9.17, 15) is 9.90 Å². The predicted molar refractivity (Wildman–Crippen MR) is 80.4 cm³/mol. The van der Waals surface area contributed by atoms with E-state index in [1.54, 1.807) is 0 Å². The van der Waals surface area contributed by atoms with Gasteiger partial charge >= 0.3 is 5.97 Å². The van der Waals surface area contributed by atoms with Crippen molar-refractivity contribution in [2.45, 2.75) is 44.4 Å². The fourth-order valence-corrected chi connectivity index (χ4v) is 3.83. The first-order valence-electron chi connectivity index (χ1n) is 7.06. The quantitative estimate of drug-likeness (QED) is 0.861. The van der Waals surface area contributed by atoms with Crippen LogP contribution in [0.4, 0.5) is 0 Å². The van der Waals surface area contributed by atoms with Gasteiger partial charge in [-0.1, -0.05) is 36.9 Å². The molecule has 3 nitrogen and oxygen atoms in total. The number of aliphatic carboxylic acids is 1. The van der Waals surface area contributed by atoms with E-state index in [-0.39, 0.29) is 0 Å². The lowest BCUT2D eigenvalue weighted by Gasteiger charge is -2.34. The van der Waals surface area contributed by atoms with Crippen molar-refractivity contribution in [2.24, 2.45) is 0 Å². The van der Waals surface area contributed by atoms with E-state index in [4.69, 9.17) is 11.6 Å². The summed E-state index contributed by atoms with van der Waals surface area (Å²) in [5.41, 5.74) is 1.96. The first-order valence-corrected chi connectivity index (χ1v) is 7.44. The molecule has 1 aromatic heterocycles. The van der Waals surface area contributed by atoms with Crippen LogP contribution >= 0.6 is 11.6 Å². The average Bonchev–Trinajstić information content (AvgIpc) is 2.81. The molecule has 1 fully saturated rings. The molecule has 1 aliphatic rings. The predicted octanol–water partition coefficient (Wildman–Crippen LogP) is 4.42. The summed E-state index contributed by atoms with van der Waals surface area (Å²) in [6, 6.07) is 5.82. The molecule has 3 rings (SSSR count). The number of carbonyl (C=O) groups is 1. The summed E-state index contributed by atoms with van der Waals surface area (Å²) in [4.78, 5) is 15.1. The van der Waals surface area contributed by atoms with Crippen LogP contribution < -0.4 is 0 Å². The molecule has 106 valence electrons. The van der Waals surface area contributed by atoms with E-state index in [2.05, 4.69) is 4.98 Å². The third-order valence-corrected chi connectivity index (χ3v) is 4.91. The Bertz CT molecular complexity index is 668. The van der Waals surface area contributed by atoms with Gasteiger partial charge in [-0.25, -0.2) is 0 Å². The molecule has 2 N–H and O–H groups in total. The number of nitrogens with one attached hydrogen (secondary N) is 1. The highest BCUT2D eigenvalue weighted by Crippen LogP contribution is 2.44. The van der Waals surface area contributed by atoms with Crippen molar-refractivity contribution < 1.29 is 9.90 Å². The van der Waals surface area contributed by atoms with Crippen molar-refractivity contribution >= 4 is 28.5 Å². The molecule has 1 heterocycles. The minimum atomic E-state index is -0.811. The topological polar surface area (TPSA) is 53.1 Å². The molecular formula is C16H18ClNO2. The van der Waals surface area contributed by atoms with Crippen LogP contribution in [0.5, 0.6) is 0 Å². The maximum absolute atomic E-state index is 11.9. The molecule has 0 unspecified atom stereocenters. The molecule has 0 spiro atoms. The fourth-order valence-electron chi connectivity index (χ4n) is 3.43. The number of hydrogen-bond acceptors (Lipinski definition) is 1. The largest absolute Gasteiger partial charge is 0.481 e. The maximum atomic E-state index is 11.9. The molecule has 20 heavy (non-hydrogen) atoms. The van der Waals surface area contributed by atoms with Crippen molar-refractivity contribution in [3.63, 3.8) is 0 Å². The Labute approximate surface area is 122 Å². The van der Waals surface area contributed by atoms with Gasteiger partial charge in [-0.05, 0) is 37.5 Å². The number of rotatable bonds is 2. The zero-order valence-corrected chi connectivity index (χ0v) is 12.3. The number of aryl methyl sites for hydroxylation is 1. The molecule has 1 aromatic carbocycles. The number of hydrogen-bond donors (Lipinski definition) is 2. The van der Waals surface area contributed by atoms with Gasteiger partial charge in [0.25, 0.3) is 0 Å². The fraction of sp³-hybridized carbons (Fsp3) is 0.438. The number of fused-ring (bicyclic) bond motifs is 1. The Hall–Kier alpha value is -1.48. The summed E-state index contributed by atoms with van der Waals surface area (Å²) >= 11 is 6.54. The van der Waals surface area contributed by atoms with Crippen LogP contribution in [0.1, 0.15) is 43.4 Å². The number of carboxylic acid groups (broad SMARTS) is 1. The van der Waals surface area contributed by atoms with E-state index >= 15 is 0 Å². The first-order chi connectivity index (χ1) is 9.54. The number of benzene rings is 1. The van der Waals surface area contributed by atoms with Crippen molar-refractivity contribution in [2.75, 3.05) is 0 Å². The van der Waals surface area contributed by atoms with Gasteiger partial charge in [-0.15, -0.1) is 0 Å². The zero-order chi connectivity index (χ0) is 14.3. The summed E-state index contributed by atoms with van der Waals surface area (Å²) in [7, 11) is 0. The van der Waals surface area contributed by atoms with Crippen LogP contribution in [0.3, 0.4) is 0 Å². The van der Waals surface area contributed by atoms with Crippen LogP contribution in [-0.2, 0) is 10.2 Å². The lowest BCUT2D eigenvalue weighted by atomic mass is 9.69. The number of halogens is 1. The monoisotopic (exact) mass is 291 g/mol. The minimum Gasteiger partial charge on any atom is -0.481 e. The minimum absolute atomic E-state index is 0.594. The van der Waals surface area contributed by atoms with Crippen LogP contribution in [0, 0.1) is 6.92 Å². The van der Waals surface area contributed by atoms with Gasteiger partial charge in [0, 0.05) is 16.6 Å². The second-order valence-electron chi connectivity index (χ2n) is 5.79. The number of carboxylic acids is 1. The number of H-pyrrole nitrogens is 1. The molecule has 0 radical (unpaired) electrons. The standard InChI is InChI=1S/C16H18ClNO2/c1-10-9-11-13(18-10)6-5-12(14(11)17)16(15(19)20)7-3-2-4-8-16/h5-6,9,18H,2-4,7-8H2,1H3,(H,19,20). The van der Waals surface area contributed by atoms with Crippen LogP contribution in [-0.4, -0.2) is 16.1 Å². The molecule has 0 atom stereocenters. The van der Waals surface area contributed by atoms with E-state index in [1.165, 1.54) is 0 Å². The van der Waals surface area contributed by atoms with Gasteiger partial charge in [0.05, 0.1) is 10.4 Å². The first kappa shape index (κ1) is 13.5. The van der Waals surface area contributed by atoms with Crippen LogP contribution in [0.2, 0.25) is 5.02 Å². The molecule has 1 aliphatic carbocycles. The van der Waals surface area contributed by atoms with Gasteiger partial charge in [-0.2, -0.15) is 0 Å². The third kappa shape index (κ3) is 1.92. The highest BCUT2D eigenvalue weighted by atomic mass is 35.5. The zero-order valence-electron chi connectivity index (χ0n) is 11.5. The average molecular weight is 292 g/mol. The van der Waals surface area contributed by atoms with Crippen molar-refractivity contribution in [3.05, 3.63) is 34.5 Å². The molecule has 0 bridgehead atoms. The van der Waals surface area contributed by atoms with Crippen LogP contribution in [0.15, 0.2) is 18.2 Å². The number of aromatic amines is 1. The van der Waals surface area contributed by atoms with Crippen LogP contribution in [0.25, 0.3) is 10.9 Å². The second-order valence-corrected chi connectivity index (χ2v) is 6.17. The lowest BCUT2D eigenvalue weighted by molar-refractivity contribution is -0.145. The third-order valence-electron chi connectivity index (χ3n) is 4.50. The molecule has 0 aliphatic heterocycles. The van der Waals surface area contributed by atoms with Gasteiger partial charge in [0.2, 0.25) is 0 Å². The van der Waals surface area contributed by atoms with Gasteiger partial charge in [0.1, 0.15) is 0 Å². The van der Waals surface area contributed by atoms with E-state index < -0.39 is 11.4 Å². The van der Waals surface area contributed by atoms with Gasteiger partial charge in [-0.3, -0.25) is 4.79 Å². The lowest BCUT2D eigenvalue weighted by Crippen LogP contribution is -2.38. The maximum Gasteiger partial charge on any atom is 0.314 e. The van der Waals surface area contributed by atoms with Crippen molar-refractivity contribution in [1.82, 2.24) is 4.98 Å². The van der Waals surface area contributed by atoms with Gasteiger partial charge < -0.3 is 10.1 Å². The van der Waals surface area contributed by atoms with Gasteiger partial charge in [0.15, 0.2) is 0 Å². The van der Waals surface area contributed by atoms with E-state index in [0.717, 1.165) is 41.4 Å². The Kier molecular flexibility index (Phi) is 3.25. The SMILES string of the molecule is Cc1cc2c(Cl)c(C3(C(=O)O)CCCCC3)ccc2[nH]1. The van der Waals surface area contributed by atoms with E-state index in [1.807, 2.05) is 25.1 Å². The van der Waals surface area contributed by atoms with E-state index in [0.29, 0.717) is 17.9 Å². The molecule has 0 saturated heterocycles. The normalized spacial score (nSPS) is 18.3. The Morgan fingerprint density at radius 2 is 2.00 bits per heavy atom. The Morgan fingerprint density at radius 1 is 1.30 bits per heavy atom. The summed E-state index contributed by atoms with van der Waals surface area (Å²) in [6.45, 7) is 1.98. The molecule has 4 heteroatoms. The summed E-state index contributed by atoms with van der Waals surface area (Å²) in [5, 5.41) is 11.3. The van der Waals surface area contributed by atoms with Crippen molar-refractivity contribution in [1.29, 1.82) is 0 Å². The number of aromatic nitrogens is 1. The Balaban J connectivity index is 2.20. The highest BCUT2D eigenvalue weighted by Gasteiger charge is 2.42. The molecular weight excluding hydrogens is 274 g/mol. The highest BCUT2D eigenvalue weighted by molar-refractivity contribution is 6.36. The smallest absolute Gasteiger partial charge is 0.314 e. The van der Waals surface area contributed by atoms with Crippen molar-refractivity contribution in [3.8, 4) is 0 Å². The molecule has 2 aromatic rings. The Morgan fingerprint density at radius 3 is 2.65 bits per heavy atom. The molecule has 1 saturated carbocycles. The summed E-state index contributed by atoms with van der Waals surface area (Å²) < 4.78 is 0. The summed E-state index contributed by atoms with van der Waals surface area (Å²) in [6.07, 6.45) is 4.37. The second kappa shape index (κ2) is 4.81. The summed E-state index contributed by atoms with van der Waals surface area (Å²) in [5.74, 6) is -0.745. The molecule has 0 amide bonds.